The van der Waals surface area contributed by atoms with Gasteiger partial charge in [-0.3, -0.25) is 9.59 Å². The molecule has 2 aromatic carbocycles. The lowest BCUT2D eigenvalue weighted by molar-refractivity contribution is 0.103. The van der Waals surface area contributed by atoms with Gasteiger partial charge in [0.15, 0.2) is 5.78 Å². The summed E-state index contributed by atoms with van der Waals surface area (Å²) in [4.78, 5) is 25.6. The van der Waals surface area contributed by atoms with Crippen LogP contribution in [-0.2, 0) is 0 Å². The molecule has 0 bridgehead atoms. The number of aromatic hydroxyl groups is 1. The van der Waals surface area contributed by atoms with Crippen LogP contribution in [-0.4, -0.2) is 15.5 Å². The number of benzene rings is 2. The number of aryl methyl sites for hydroxylation is 1. The van der Waals surface area contributed by atoms with Crippen molar-refractivity contribution in [2.24, 2.45) is 0 Å². The van der Waals surface area contributed by atoms with Crippen LogP contribution in [0.2, 0.25) is 0 Å². The second-order valence-electron chi connectivity index (χ2n) is 6.40. The fraction of sp³-hybridized carbons (Fsp3) is 0.136. The van der Waals surface area contributed by atoms with Crippen LogP contribution >= 0.6 is 0 Å². The number of phenolic OH excluding ortho intramolecular Hbond substituents is 1. The normalized spacial score (nSPS) is 11.6. The predicted molar refractivity (Wildman–Crippen MR) is 102 cm³/mol. The Bertz CT molecular complexity index is 1110. The maximum absolute atomic E-state index is 12.9. The van der Waals surface area contributed by atoms with Crippen LogP contribution in [0.5, 0.6) is 5.75 Å². The van der Waals surface area contributed by atoms with Crippen LogP contribution in [0, 0.1) is 18.3 Å². The number of aromatic nitrogens is 1. The maximum atomic E-state index is 12.9. The van der Waals surface area contributed by atoms with Crippen LogP contribution in [0.1, 0.15) is 45.6 Å². The van der Waals surface area contributed by atoms with Crippen molar-refractivity contribution in [3.8, 4) is 11.8 Å². The Hall–Kier alpha value is -3.65. The first-order valence-electron chi connectivity index (χ1n) is 8.48. The zero-order valence-electron chi connectivity index (χ0n) is 15.0. The zero-order valence-corrected chi connectivity index (χ0v) is 15.0. The largest absolute Gasteiger partial charge is 0.507 e. The summed E-state index contributed by atoms with van der Waals surface area (Å²) in [6.07, 6.45) is 1.45. The van der Waals surface area contributed by atoms with E-state index in [0.29, 0.717) is 0 Å². The molecule has 5 heteroatoms. The van der Waals surface area contributed by atoms with Crippen molar-refractivity contribution in [3.05, 3.63) is 99.0 Å². The highest BCUT2D eigenvalue weighted by molar-refractivity contribution is 6.10. The number of hydrogen-bond acceptors (Lipinski definition) is 4. The summed E-state index contributed by atoms with van der Waals surface area (Å²) in [5.41, 5.74) is 1.44. The molecule has 0 unspecified atom stereocenters. The summed E-state index contributed by atoms with van der Waals surface area (Å²) in [7, 11) is 0. The molecule has 0 aliphatic rings. The molecule has 5 nitrogen and oxygen atoms in total. The van der Waals surface area contributed by atoms with Crippen LogP contribution < -0.4 is 5.56 Å². The molecular formula is C22H18N2O3. The number of pyridine rings is 1. The third-order valence-corrected chi connectivity index (χ3v) is 4.52. The second kappa shape index (κ2) is 7.30. The average Bonchev–Trinajstić information content (AvgIpc) is 2.69. The van der Waals surface area contributed by atoms with Crippen molar-refractivity contribution < 1.29 is 9.90 Å². The van der Waals surface area contributed by atoms with Crippen LogP contribution in [0.3, 0.4) is 0 Å². The standard InChI is InChI=1S/C22H18N2O3/c1-14-8-9-20(25)19(10-14)21(26)18-11-17(12-23)22(27)24(13-18)15(2)16-6-4-3-5-7-16/h3-11,13,15,25H,1-2H3/t15-/m1/s1. The van der Waals surface area contributed by atoms with Gasteiger partial charge in [-0.25, -0.2) is 0 Å². The van der Waals surface area contributed by atoms with Gasteiger partial charge in [-0.1, -0.05) is 42.0 Å². The molecule has 1 atom stereocenters. The Morgan fingerprint density at radius 1 is 1.15 bits per heavy atom. The third kappa shape index (κ3) is 3.51. The fourth-order valence-corrected chi connectivity index (χ4v) is 2.97. The summed E-state index contributed by atoms with van der Waals surface area (Å²) < 4.78 is 1.38. The molecule has 134 valence electrons. The first kappa shape index (κ1) is 18.2. The number of carbonyl (C=O) groups excluding carboxylic acids is 1. The molecule has 1 heterocycles. The minimum absolute atomic E-state index is 0.115. The van der Waals surface area contributed by atoms with Crippen molar-refractivity contribution in [2.45, 2.75) is 19.9 Å². The van der Waals surface area contributed by atoms with Crippen molar-refractivity contribution >= 4 is 5.78 Å². The Labute approximate surface area is 156 Å². The molecule has 27 heavy (non-hydrogen) atoms. The van der Waals surface area contributed by atoms with Crippen LogP contribution in [0.25, 0.3) is 0 Å². The molecule has 0 aliphatic carbocycles. The van der Waals surface area contributed by atoms with Gasteiger partial charge in [-0.2, -0.15) is 5.26 Å². The smallest absolute Gasteiger partial charge is 0.269 e. The van der Waals surface area contributed by atoms with Gasteiger partial charge in [0.05, 0.1) is 11.6 Å². The lowest BCUT2D eigenvalue weighted by atomic mass is 10.00. The molecule has 0 radical (unpaired) electrons. The third-order valence-electron chi connectivity index (χ3n) is 4.52. The van der Waals surface area contributed by atoms with Gasteiger partial charge < -0.3 is 9.67 Å². The topological polar surface area (TPSA) is 83.1 Å². The minimum atomic E-state index is -0.459. The first-order chi connectivity index (χ1) is 12.9. The van der Waals surface area contributed by atoms with E-state index in [1.54, 1.807) is 12.1 Å². The van der Waals surface area contributed by atoms with E-state index in [4.69, 9.17) is 0 Å². The van der Waals surface area contributed by atoms with E-state index in [1.807, 2.05) is 50.2 Å². The molecule has 0 saturated carbocycles. The van der Waals surface area contributed by atoms with Gasteiger partial charge in [0.2, 0.25) is 0 Å². The van der Waals surface area contributed by atoms with E-state index in [0.717, 1.165) is 11.1 Å². The zero-order chi connectivity index (χ0) is 19.6. The Morgan fingerprint density at radius 3 is 2.52 bits per heavy atom. The van der Waals surface area contributed by atoms with Crippen LogP contribution in [0.4, 0.5) is 0 Å². The number of phenols is 1. The highest BCUT2D eigenvalue weighted by Gasteiger charge is 2.19. The lowest BCUT2D eigenvalue weighted by Crippen LogP contribution is -2.27. The number of nitrogens with zero attached hydrogens (tertiary/aromatic N) is 2. The summed E-state index contributed by atoms with van der Waals surface area (Å²) >= 11 is 0. The van der Waals surface area contributed by atoms with Crippen molar-refractivity contribution in [1.82, 2.24) is 4.57 Å². The molecular weight excluding hydrogens is 340 g/mol. The molecule has 3 aromatic rings. The van der Waals surface area contributed by atoms with Crippen molar-refractivity contribution in [2.75, 3.05) is 0 Å². The van der Waals surface area contributed by atoms with E-state index in [-0.39, 0.29) is 28.5 Å². The van der Waals surface area contributed by atoms with Gasteiger partial charge in [0, 0.05) is 11.8 Å². The van der Waals surface area contributed by atoms with E-state index in [9.17, 15) is 20.0 Å². The van der Waals surface area contributed by atoms with Gasteiger partial charge >= 0.3 is 0 Å². The van der Waals surface area contributed by atoms with E-state index in [1.165, 1.54) is 22.9 Å². The van der Waals surface area contributed by atoms with E-state index in [2.05, 4.69) is 0 Å². The first-order valence-corrected chi connectivity index (χ1v) is 8.48. The van der Waals surface area contributed by atoms with Gasteiger partial charge in [0.25, 0.3) is 5.56 Å². The number of nitriles is 1. The molecule has 1 N–H and O–H groups in total. The Balaban J connectivity index is 2.15. The molecule has 3 rings (SSSR count). The van der Waals surface area contributed by atoms with E-state index < -0.39 is 11.3 Å². The molecule has 0 spiro atoms. The quantitative estimate of drug-likeness (QED) is 0.723. The minimum Gasteiger partial charge on any atom is -0.507 e. The highest BCUT2D eigenvalue weighted by Crippen LogP contribution is 2.23. The number of rotatable bonds is 4. The monoisotopic (exact) mass is 358 g/mol. The Morgan fingerprint density at radius 2 is 1.85 bits per heavy atom. The average molecular weight is 358 g/mol. The van der Waals surface area contributed by atoms with Crippen molar-refractivity contribution in [3.63, 3.8) is 0 Å². The van der Waals surface area contributed by atoms with Crippen molar-refractivity contribution in [1.29, 1.82) is 5.26 Å². The maximum Gasteiger partial charge on any atom is 0.269 e. The summed E-state index contributed by atoms with van der Waals surface area (Å²) in [6.45, 7) is 3.64. The Kier molecular flexibility index (Phi) is 4.91. The highest BCUT2D eigenvalue weighted by atomic mass is 16.3. The van der Waals surface area contributed by atoms with Gasteiger partial charge in [-0.15, -0.1) is 0 Å². The second-order valence-corrected chi connectivity index (χ2v) is 6.40. The number of hydrogen-bond donors (Lipinski definition) is 1. The number of ketones is 1. The SMILES string of the molecule is Cc1ccc(O)c(C(=O)c2cc(C#N)c(=O)n([C@H](C)c3ccccc3)c2)c1. The lowest BCUT2D eigenvalue weighted by Gasteiger charge is -2.17. The summed E-state index contributed by atoms with van der Waals surface area (Å²) in [6, 6.07) is 16.9. The van der Waals surface area contributed by atoms with E-state index >= 15 is 0 Å². The molecule has 0 fully saturated rings. The molecule has 0 saturated heterocycles. The summed E-state index contributed by atoms with van der Waals surface area (Å²) in [5, 5.41) is 19.4. The fourth-order valence-electron chi connectivity index (χ4n) is 2.97. The van der Waals surface area contributed by atoms with Crippen LogP contribution in [0.15, 0.2) is 65.6 Å². The predicted octanol–water partition coefficient (Wildman–Crippen LogP) is 3.57. The summed E-state index contributed by atoms with van der Waals surface area (Å²) in [5.74, 6) is -0.584. The van der Waals surface area contributed by atoms with Gasteiger partial charge in [-0.05, 0) is 37.6 Å². The molecule has 1 aromatic heterocycles. The number of carbonyl (C=O) groups is 1. The molecule has 0 aliphatic heterocycles. The molecule has 0 amide bonds. The van der Waals surface area contributed by atoms with Gasteiger partial charge in [0.1, 0.15) is 17.4 Å².